The number of pyridine rings is 1. The Labute approximate surface area is 146 Å². The summed E-state index contributed by atoms with van der Waals surface area (Å²) in [6, 6.07) is 12.3. The number of nitrogens with zero attached hydrogens (tertiary/aromatic N) is 2. The van der Waals surface area contributed by atoms with Crippen LogP contribution in [0.4, 0.5) is 0 Å². The first-order valence-electron chi connectivity index (χ1n) is 7.81. The van der Waals surface area contributed by atoms with Crippen LogP contribution in [0.1, 0.15) is 23.4 Å². The van der Waals surface area contributed by atoms with Gasteiger partial charge in [-0.3, -0.25) is 19.5 Å². The second kappa shape index (κ2) is 7.02. The summed E-state index contributed by atoms with van der Waals surface area (Å²) in [6.07, 6.45) is 0.166. The summed E-state index contributed by atoms with van der Waals surface area (Å²) >= 11 is 0. The maximum absolute atomic E-state index is 12.0. The van der Waals surface area contributed by atoms with Crippen LogP contribution >= 0.6 is 0 Å². The number of hydrogen-bond donors (Lipinski definition) is 2. The van der Waals surface area contributed by atoms with E-state index in [1.165, 1.54) is 6.07 Å². The second-order valence-electron chi connectivity index (χ2n) is 5.63. The van der Waals surface area contributed by atoms with E-state index in [1.807, 2.05) is 25.1 Å². The van der Waals surface area contributed by atoms with E-state index in [2.05, 4.69) is 20.0 Å². The zero-order chi connectivity index (χ0) is 17.9. The van der Waals surface area contributed by atoms with Gasteiger partial charge >= 0.3 is 0 Å². The molecule has 0 saturated carbocycles. The van der Waals surface area contributed by atoms with E-state index < -0.39 is 10.0 Å². The van der Waals surface area contributed by atoms with Gasteiger partial charge < -0.3 is 5.32 Å². The highest BCUT2D eigenvalue weighted by atomic mass is 32.2. The number of nitrogens with one attached hydrogen (secondary N) is 2. The Morgan fingerprint density at radius 2 is 2.00 bits per heavy atom. The Hall–Kier alpha value is -2.74. The molecule has 0 fully saturated rings. The maximum Gasteiger partial charge on any atom is 0.263 e. The van der Waals surface area contributed by atoms with Crippen molar-refractivity contribution in [1.29, 1.82) is 0 Å². The summed E-state index contributed by atoms with van der Waals surface area (Å²) in [5.41, 5.74) is 2.22. The number of carbonyl (C=O) groups is 1. The Morgan fingerprint density at radius 1 is 1.20 bits per heavy atom. The van der Waals surface area contributed by atoms with Gasteiger partial charge in [-0.25, -0.2) is 8.42 Å². The van der Waals surface area contributed by atoms with E-state index in [4.69, 9.17) is 0 Å². The summed E-state index contributed by atoms with van der Waals surface area (Å²) in [7, 11) is -3.55. The lowest BCUT2D eigenvalue weighted by molar-refractivity contribution is -0.121. The van der Waals surface area contributed by atoms with Crippen LogP contribution in [-0.4, -0.2) is 31.7 Å². The third kappa shape index (κ3) is 4.03. The van der Waals surface area contributed by atoms with Crippen LogP contribution in [0.15, 0.2) is 52.4 Å². The van der Waals surface area contributed by atoms with Gasteiger partial charge in [0.15, 0.2) is 0 Å². The molecule has 2 heterocycles. The summed E-state index contributed by atoms with van der Waals surface area (Å²) in [6.45, 7) is 2.44. The van der Waals surface area contributed by atoms with Crippen LogP contribution in [-0.2, 0) is 21.4 Å². The van der Waals surface area contributed by atoms with Crippen molar-refractivity contribution in [1.82, 2.24) is 15.0 Å². The molecule has 1 amide bonds. The summed E-state index contributed by atoms with van der Waals surface area (Å²) in [5.74, 6) is 0.116. The van der Waals surface area contributed by atoms with Gasteiger partial charge in [-0.1, -0.05) is 18.2 Å². The lowest BCUT2D eigenvalue weighted by Gasteiger charge is -2.05. The molecule has 0 unspecified atom stereocenters. The van der Waals surface area contributed by atoms with E-state index in [1.54, 1.807) is 18.2 Å². The standard InChI is InChI=1S/C17H18N4O3S/c1-12-5-4-6-13(20-12)11-19-16(22)9-10-18-17-14-7-2-3-8-15(14)25(23,24)21-17/h2-8H,9-11H2,1H3,(H,18,21)(H,19,22). The van der Waals surface area contributed by atoms with E-state index in [-0.39, 0.29) is 29.6 Å². The molecule has 25 heavy (non-hydrogen) atoms. The molecule has 0 bridgehead atoms. The van der Waals surface area contributed by atoms with Crippen molar-refractivity contribution < 1.29 is 13.2 Å². The molecule has 1 aliphatic rings. The van der Waals surface area contributed by atoms with Crippen LogP contribution in [0.25, 0.3) is 0 Å². The Morgan fingerprint density at radius 3 is 2.80 bits per heavy atom. The van der Waals surface area contributed by atoms with Crippen molar-refractivity contribution in [3.8, 4) is 0 Å². The number of fused-ring (bicyclic) bond motifs is 1. The molecule has 0 atom stereocenters. The average molecular weight is 358 g/mol. The zero-order valence-corrected chi connectivity index (χ0v) is 14.5. The molecule has 0 saturated heterocycles. The minimum Gasteiger partial charge on any atom is -0.350 e. The smallest absolute Gasteiger partial charge is 0.263 e. The highest BCUT2D eigenvalue weighted by molar-refractivity contribution is 7.90. The molecule has 2 N–H and O–H groups in total. The fourth-order valence-corrected chi connectivity index (χ4v) is 3.75. The predicted octanol–water partition coefficient (Wildman–Crippen LogP) is 1.14. The molecule has 0 aliphatic carbocycles. The predicted molar refractivity (Wildman–Crippen MR) is 93.6 cm³/mol. The highest BCUT2D eigenvalue weighted by Gasteiger charge is 2.29. The number of carbonyl (C=O) groups excluding carboxylic acids is 1. The summed E-state index contributed by atoms with van der Waals surface area (Å²) in [5, 5.41) is 2.78. The minimum atomic E-state index is -3.55. The van der Waals surface area contributed by atoms with Gasteiger partial charge in [-0.15, -0.1) is 0 Å². The molecule has 1 aliphatic heterocycles. The van der Waals surface area contributed by atoms with Crippen LogP contribution in [0.2, 0.25) is 0 Å². The normalized spacial score (nSPS) is 16.3. The number of rotatable bonds is 5. The topological polar surface area (TPSA) is 101 Å². The molecule has 2 aromatic rings. The first kappa shape index (κ1) is 17.1. The van der Waals surface area contributed by atoms with Gasteiger partial charge in [0.2, 0.25) is 5.91 Å². The van der Waals surface area contributed by atoms with E-state index in [9.17, 15) is 13.2 Å². The molecule has 7 nitrogen and oxygen atoms in total. The van der Waals surface area contributed by atoms with Gasteiger partial charge in [0.1, 0.15) is 5.84 Å². The van der Waals surface area contributed by atoms with Crippen molar-refractivity contribution in [2.24, 2.45) is 4.99 Å². The monoisotopic (exact) mass is 358 g/mol. The third-order valence-corrected chi connectivity index (χ3v) is 5.08. The zero-order valence-electron chi connectivity index (χ0n) is 13.7. The number of sulfonamides is 1. The number of hydrogen-bond acceptors (Lipinski definition) is 5. The van der Waals surface area contributed by atoms with E-state index in [0.717, 1.165) is 11.4 Å². The second-order valence-corrected chi connectivity index (χ2v) is 7.28. The number of aryl methyl sites for hydroxylation is 1. The molecule has 0 radical (unpaired) electrons. The van der Waals surface area contributed by atoms with Gasteiger partial charge in [0, 0.05) is 17.7 Å². The molecular weight excluding hydrogens is 340 g/mol. The lowest BCUT2D eigenvalue weighted by atomic mass is 10.2. The van der Waals surface area contributed by atoms with Crippen molar-refractivity contribution in [3.63, 3.8) is 0 Å². The van der Waals surface area contributed by atoms with Crippen LogP contribution in [0.5, 0.6) is 0 Å². The van der Waals surface area contributed by atoms with E-state index in [0.29, 0.717) is 12.1 Å². The van der Waals surface area contributed by atoms with Gasteiger partial charge in [0.05, 0.1) is 23.7 Å². The quantitative estimate of drug-likeness (QED) is 0.837. The molecular formula is C17H18N4O3S. The van der Waals surface area contributed by atoms with Crippen LogP contribution < -0.4 is 10.0 Å². The van der Waals surface area contributed by atoms with Crippen LogP contribution in [0.3, 0.4) is 0 Å². The van der Waals surface area contributed by atoms with Crippen molar-refractivity contribution in [2.45, 2.75) is 24.8 Å². The van der Waals surface area contributed by atoms with Crippen molar-refractivity contribution in [3.05, 3.63) is 59.4 Å². The molecule has 3 rings (SSSR count). The number of amidine groups is 1. The highest BCUT2D eigenvalue weighted by Crippen LogP contribution is 2.22. The molecule has 1 aromatic heterocycles. The first-order chi connectivity index (χ1) is 12.0. The average Bonchev–Trinajstić information content (AvgIpc) is 2.84. The third-order valence-electron chi connectivity index (χ3n) is 3.68. The molecule has 0 spiro atoms. The molecule has 1 aromatic carbocycles. The SMILES string of the molecule is Cc1cccc(CNC(=O)CCN=C2NS(=O)(=O)c3ccccc32)n1. The van der Waals surface area contributed by atoms with Gasteiger partial charge in [0.25, 0.3) is 10.0 Å². The number of amides is 1. The number of aromatic nitrogens is 1. The summed E-state index contributed by atoms with van der Waals surface area (Å²) < 4.78 is 26.4. The summed E-state index contributed by atoms with van der Waals surface area (Å²) in [4.78, 5) is 20.6. The largest absolute Gasteiger partial charge is 0.350 e. The molecule has 8 heteroatoms. The maximum atomic E-state index is 12.0. The molecule has 130 valence electrons. The van der Waals surface area contributed by atoms with Crippen molar-refractivity contribution >= 4 is 21.8 Å². The minimum absolute atomic E-state index is 0.165. The van der Waals surface area contributed by atoms with Crippen LogP contribution in [0, 0.1) is 6.92 Å². The first-order valence-corrected chi connectivity index (χ1v) is 9.30. The Kier molecular flexibility index (Phi) is 4.80. The Bertz CT molecular complexity index is 938. The number of aliphatic imine (C=N–C) groups is 1. The van der Waals surface area contributed by atoms with Gasteiger partial charge in [-0.2, -0.15) is 0 Å². The Balaban J connectivity index is 1.56. The van der Waals surface area contributed by atoms with E-state index >= 15 is 0 Å². The fraction of sp³-hybridized carbons (Fsp3) is 0.235. The lowest BCUT2D eigenvalue weighted by Crippen LogP contribution is -2.25. The fourth-order valence-electron chi connectivity index (χ4n) is 2.50. The van der Waals surface area contributed by atoms with Gasteiger partial charge in [-0.05, 0) is 31.2 Å². The number of benzene rings is 1. The van der Waals surface area contributed by atoms with Crippen molar-refractivity contribution in [2.75, 3.05) is 6.54 Å².